The summed E-state index contributed by atoms with van der Waals surface area (Å²) in [5.74, 6) is -0.298. The first-order valence-electron chi connectivity index (χ1n) is 4.32. The third kappa shape index (κ3) is 3.81. The van der Waals surface area contributed by atoms with Crippen molar-refractivity contribution in [3.8, 4) is 0 Å². The van der Waals surface area contributed by atoms with Crippen molar-refractivity contribution in [2.75, 3.05) is 17.1 Å². The van der Waals surface area contributed by atoms with Crippen LogP contribution in [0.25, 0.3) is 0 Å². The molecule has 84 valence electrons. The molecule has 4 nitrogen and oxygen atoms in total. The molecular weight excluding hydrogens is 282 g/mol. The van der Waals surface area contributed by atoms with Crippen LogP contribution in [-0.4, -0.2) is 25.9 Å². The molecule has 0 fully saturated rings. The smallest absolute Gasteiger partial charge is 0.235 e. The molecule has 0 aliphatic heterocycles. The van der Waals surface area contributed by atoms with Crippen LogP contribution in [0.4, 0.5) is 5.69 Å². The summed E-state index contributed by atoms with van der Waals surface area (Å²) >= 11 is 3.26. The molecule has 0 unspecified atom stereocenters. The molecule has 0 spiro atoms. The number of aliphatic hydroxyl groups is 1. The van der Waals surface area contributed by atoms with Gasteiger partial charge in [0.15, 0.2) is 0 Å². The summed E-state index contributed by atoms with van der Waals surface area (Å²) in [5.41, 5.74) is 1.51. The summed E-state index contributed by atoms with van der Waals surface area (Å²) < 4.78 is 25.8. The van der Waals surface area contributed by atoms with Gasteiger partial charge in [-0.05, 0) is 40.5 Å². The molecule has 0 bridgehead atoms. The molecule has 2 N–H and O–H groups in total. The van der Waals surface area contributed by atoms with Crippen LogP contribution in [0.1, 0.15) is 5.56 Å². The first-order valence-corrected chi connectivity index (χ1v) is 6.76. The number of halogens is 1. The predicted octanol–water partition coefficient (Wildman–Crippen LogP) is 1.49. The summed E-state index contributed by atoms with van der Waals surface area (Å²) in [5, 5.41) is 8.56. The van der Waals surface area contributed by atoms with Crippen molar-refractivity contribution in [2.24, 2.45) is 0 Å². The van der Waals surface area contributed by atoms with E-state index in [2.05, 4.69) is 20.7 Å². The zero-order valence-electron chi connectivity index (χ0n) is 8.20. The van der Waals surface area contributed by atoms with E-state index >= 15 is 0 Å². The van der Waals surface area contributed by atoms with Crippen molar-refractivity contribution in [1.82, 2.24) is 0 Å². The summed E-state index contributed by atoms with van der Waals surface area (Å²) in [6.45, 7) is 1.52. The summed E-state index contributed by atoms with van der Waals surface area (Å²) in [4.78, 5) is 0. The number of rotatable bonds is 4. The minimum Gasteiger partial charge on any atom is -0.395 e. The van der Waals surface area contributed by atoms with E-state index in [-0.39, 0.29) is 5.75 Å². The van der Waals surface area contributed by atoms with E-state index in [1.54, 1.807) is 6.07 Å². The van der Waals surface area contributed by atoms with E-state index in [1.807, 2.05) is 19.1 Å². The van der Waals surface area contributed by atoms with Crippen LogP contribution in [0.2, 0.25) is 0 Å². The zero-order valence-corrected chi connectivity index (χ0v) is 10.6. The van der Waals surface area contributed by atoms with Gasteiger partial charge in [-0.1, -0.05) is 6.07 Å². The lowest BCUT2D eigenvalue weighted by atomic mass is 10.2. The van der Waals surface area contributed by atoms with E-state index in [0.29, 0.717) is 10.2 Å². The van der Waals surface area contributed by atoms with Crippen molar-refractivity contribution in [3.05, 3.63) is 28.2 Å². The van der Waals surface area contributed by atoms with Crippen LogP contribution in [0, 0.1) is 6.92 Å². The molecule has 0 radical (unpaired) electrons. The fourth-order valence-corrected chi connectivity index (χ4v) is 2.62. The second-order valence-corrected chi connectivity index (χ2v) is 5.82. The maximum Gasteiger partial charge on any atom is 0.235 e. The summed E-state index contributed by atoms with van der Waals surface area (Å²) in [6, 6.07) is 5.30. The molecule has 1 rings (SSSR count). The van der Waals surface area contributed by atoms with Crippen LogP contribution < -0.4 is 4.72 Å². The van der Waals surface area contributed by atoms with Gasteiger partial charge >= 0.3 is 0 Å². The Labute approximate surface area is 97.5 Å². The maximum atomic E-state index is 11.3. The maximum absolute atomic E-state index is 11.3. The van der Waals surface area contributed by atoms with E-state index in [9.17, 15) is 8.42 Å². The van der Waals surface area contributed by atoms with Gasteiger partial charge in [0.25, 0.3) is 0 Å². The van der Waals surface area contributed by atoms with Gasteiger partial charge in [-0.15, -0.1) is 0 Å². The lowest BCUT2D eigenvalue weighted by Gasteiger charge is -2.08. The molecule has 0 amide bonds. The highest BCUT2D eigenvalue weighted by Crippen LogP contribution is 2.24. The molecule has 1 aromatic carbocycles. The highest BCUT2D eigenvalue weighted by molar-refractivity contribution is 9.10. The predicted molar refractivity (Wildman–Crippen MR) is 63.4 cm³/mol. The number of hydrogen-bond donors (Lipinski definition) is 2. The van der Waals surface area contributed by atoms with Crippen LogP contribution in [0.15, 0.2) is 22.7 Å². The standard InChI is InChI=1S/C9H12BrNO3S/c1-7-2-3-9(8(10)6-7)11-15(13,14)5-4-12/h2-3,6,11-12H,4-5H2,1H3. The molecule has 6 heteroatoms. The largest absolute Gasteiger partial charge is 0.395 e. The van der Waals surface area contributed by atoms with Crippen LogP contribution in [0.5, 0.6) is 0 Å². The van der Waals surface area contributed by atoms with E-state index in [1.165, 1.54) is 0 Å². The molecule has 0 aliphatic rings. The average molecular weight is 294 g/mol. The number of anilines is 1. The molecule has 0 saturated carbocycles. The highest BCUT2D eigenvalue weighted by Gasteiger charge is 2.11. The molecule has 0 aromatic heterocycles. The van der Waals surface area contributed by atoms with Crippen molar-refractivity contribution in [2.45, 2.75) is 6.92 Å². The van der Waals surface area contributed by atoms with Gasteiger partial charge in [-0.25, -0.2) is 8.42 Å². The fraction of sp³-hybridized carbons (Fsp3) is 0.333. The number of hydrogen-bond acceptors (Lipinski definition) is 3. The van der Waals surface area contributed by atoms with E-state index in [0.717, 1.165) is 5.56 Å². The van der Waals surface area contributed by atoms with Gasteiger partial charge in [-0.2, -0.15) is 0 Å². The molecule has 0 atom stereocenters. The third-order valence-electron chi connectivity index (χ3n) is 1.75. The number of aliphatic hydroxyl groups excluding tert-OH is 1. The second-order valence-electron chi connectivity index (χ2n) is 3.13. The zero-order chi connectivity index (χ0) is 11.5. The molecule has 0 aliphatic carbocycles. The minimum atomic E-state index is -3.45. The van der Waals surface area contributed by atoms with Gasteiger partial charge in [0, 0.05) is 4.47 Å². The Hall–Kier alpha value is -0.590. The van der Waals surface area contributed by atoms with Gasteiger partial charge in [-0.3, -0.25) is 4.72 Å². The number of sulfonamides is 1. The van der Waals surface area contributed by atoms with E-state index < -0.39 is 16.6 Å². The Morgan fingerprint density at radius 2 is 2.13 bits per heavy atom. The van der Waals surface area contributed by atoms with Crippen LogP contribution in [-0.2, 0) is 10.0 Å². The summed E-state index contributed by atoms with van der Waals surface area (Å²) in [7, 11) is -3.45. The molecule has 1 aromatic rings. The van der Waals surface area contributed by atoms with Crippen LogP contribution >= 0.6 is 15.9 Å². The molecule has 0 saturated heterocycles. The Balaban J connectivity index is 2.90. The Kier molecular flexibility index (Phi) is 4.12. The van der Waals surface area contributed by atoms with Crippen molar-refractivity contribution in [1.29, 1.82) is 0 Å². The van der Waals surface area contributed by atoms with Crippen molar-refractivity contribution >= 4 is 31.6 Å². The number of benzene rings is 1. The van der Waals surface area contributed by atoms with Gasteiger partial charge in [0.2, 0.25) is 10.0 Å². The molecule has 15 heavy (non-hydrogen) atoms. The first kappa shape index (κ1) is 12.5. The molecule has 0 heterocycles. The fourth-order valence-electron chi connectivity index (χ4n) is 1.04. The average Bonchev–Trinajstić information content (AvgIpc) is 2.09. The second kappa shape index (κ2) is 4.96. The molecular formula is C9H12BrNO3S. The van der Waals surface area contributed by atoms with Crippen LogP contribution in [0.3, 0.4) is 0 Å². The normalized spacial score (nSPS) is 11.4. The summed E-state index contributed by atoms with van der Waals surface area (Å²) in [6.07, 6.45) is 0. The third-order valence-corrected chi connectivity index (χ3v) is 3.66. The quantitative estimate of drug-likeness (QED) is 0.884. The van der Waals surface area contributed by atoms with Gasteiger partial charge < -0.3 is 5.11 Å². The Morgan fingerprint density at radius 3 is 2.67 bits per heavy atom. The number of nitrogens with one attached hydrogen (secondary N) is 1. The first-order chi connectivity index (χ1) is 6.94. The lowest BCUT2D eigenvalue weighted by molar-refractivity contribution is 0.320. The van der Waals surface area contributed by atoms with E-state index in [4.69, 9.17) is 5.11 Å². The number of aryl methyl sites for hydroxylation is 1. The highest BCUT2D eigenvalue weighted by atomic mass is 79.9. The van der Waals surface area contributed by atoms with Crippen molar-refractivity contribution in [3.63, 3.8) is 0 Å². The Bertz CT molecular complexity index is 445. The van der Waals surface area contributed by atoms with Gasteiger partial charge in [0.05, 0.1) is 18.0 Å². The SMILES string of the molecule is Cc1ccc(NS(=O)(=O)CCO)c(Br)c1. The topological polar surface area (TPSA) is 66.4 Å². The Morgan fingerprint density at radius 1 is 1.47 bits per heavy atom. The van der Waals surface area contributed by atoms with Crippen molar-refractivity contribution < 1.29 is 13.5 Å². The minimum absolute atomic E-state index is 0.298. The van der Waals surface area contributed by atoms with Gasteiger partial charge in [0.1, 0.15) is 0 Å². The monoisotopic (exact) mass is 293 g/mol. The lowest BCUT2D eigenvalue weighted by Crippen LogP contribution is -2.19.